The summed E-state index contributed by atoms with van der Waals surface area (Å²) < 4.78 is 5.09. The number of H-pyrrole nitrogens is 1. The van der Waals surface area contributed by atoms with Crippen LogP contribution >= 0.6 is 0 Å². The smallest absolute Gasteiger partial charge is 0.130 e. The van der Waals surface area contributed by atoms with Gasteiger partial charge in [0.15, 0.2) is 0 Å². The Bertz CT molecular complexity index is 367. The molecule has 55 valence electrons. The Morgan fingerprint density at radius 1 is 1.55 bits per heavy atom. The number of hydrogen-bond donors (Lipinski definition) is 1. The Morgan fingerprint density at radius 2 is 2.45 bits per heavy atom. The Balaban J connectivity index is 2.79. The van der Waals surface area contributed by atoms with Gasteiger partial charge >= 0.3 is 0 Å². The summed E-state index contributed by atoms with van der Waals surface area (Å²) in [6, 6.07) is 5.73. The number of nitrogens with zero attached hydrogens (tertiary/aromatic N) is 1. The van der Waals surface area contributed by atoms with E-state index in [0.717, 1.165) is 16.7 Å². The van der Waals surface area contributed by atoms with Gasteiger partial charge < -0.3 is 4.74 Å². The number of benzene rings is 1. The van der Waals surface area contributed by atoms with Crippen molar-refractivity contribution in [2.75, 3.05) is 7.11 Å². The lowest BCUT2D eigenvalue weighted by atomic mass is 10.2. The number of methoxy groups -OCH3 is 1. The summed E-state index contributed by atoms with van der Waals surface area (Å²) in [6.07, 6.45) is 2.81. The highest BCUT2D eigenvalue weighted by Crippen LogP contribution is 2.21. The third kappa shape index (κ3) is 0.852. The van der Waals surface area contributed by atoms with Gasteiger partial charge in [0.1, 0.15) is 11.9 Å². The van der Waals surface area contributed by atoms with E-state index in [2.05, 4.69) is 16.4 Å². The molecular weight excluding hydrogens is 140 g/mol. The van der Waals surface area contributed by atoms with E-state index in [-0.39, 0.29) is 0 Å². The standard InChI is InChI=1S/C8H7N2O/c1-11-8-4-2-3-7-6(8)5-9-10-7/h2-4H,1H3,(H,9,10). The second-order valence-corrected chi connectivity index (χ2v) is 2.22. The third-order valence-corrected chi connectivity index (χ3v) is 1.59. The lowest BCUT2D eigenvalue weighted by molar-refractivity contribution is 0.420. The van der Waals surface area contributed by atoms with Gasteiger partial charge in [-0.05, 0) is 12.1 Å². The van der Waals surface area contributed by atoms with Gasteiger partial charge in [-0.1, -0.05) is 6.07 Å². The van der Waals surface area contributed by atoms with Crippen LogP contribution in [0.4, 0.5) is 0 Å². The number of fused-ring (bicyclic) bond motifs is 1. The Morgan fingerprint density at radius 3 is 3.27 bits per heavy atom. The fourth-order valence-corrected chi connectivity index (χ4v) is 1.05. The maximum absolute atomic E-state index is 5.09. The minimum Gasteiger partial charge on any atom is -0.496 e. The van der Waals surface area contributed by atoms with Crippen LogP contribution in [0.2, 0.25) is 0 Å². The van der Waals surface area contributed by atoms with Crippen LogP contribution in [0.15, 0.2) is 18.2 Å². The maximum Gasteiger partial charge on any atom is 0.130 e. The van der Waals surface area contributed by atoms with Gasteiger partial charge in [0.25, 0.3) is 0 Å². The fraction of sp³-hybridized carbons (Fsp3) is 0.125. The molecule has 0 aliphatic rings. The molecule has 0 aliphatic carbocycles. The number of ether oxygens (including phenoxy) is 1. The molecule has 0 saturated carbocycles. The first kappa shape index (κ1) is 6.22. The van der Waals surface area contributed by atoms with Gasteiger partial charge in [-0.2, -0.15) is 5.10 Å². The lowest BCUT2D eigenvalue weighted by Gasteiger charge is -1.97. The molecule has 1 heterocycles. The molecule has 0 fully saturated rings. The molecule has 1 aromatic heterocycles. The van der Waals surface area contributed by atoms with Crippen molar-refractivity contribution in [2.45, 2.75) is 0 Å². The maximum atomic E-state index is 5.09. The predicted molar refractivity (Wildman–Crippen MR) is 41.5 cm³/mol. The van der Waals surface area contributed by atoms with Crippen LogP contribution in [0.25, 0.3) is 10.9 Å². The number of aromatic amines is 1. The lowest BCUT2D eigenvalue weighted by Crippen LogP contribution is -1.81. The number of hydrogen-bond acceptors (Lipinski definition) is 2. The van der Waals surface area contributed by atoms with Crippen LogP contribution < -0.4 is 4.74 Å². The SMILES string of the molecule is COc1cccc2[nH]n[c]c12. The van der Waals surface area contributed by atoms with Crippen molar-refractivity contribution in [2.24, 2.45) is 0 Å². The van der Waals surface area contributed by atoms with E-state index in [9.17, 15) is 0 Å². The van der Waals surface area contributed by atoms with E-state index in [1.807, 2.05) is 18.2 Å². The molecule has 0 unspecified atom stereocenters. The van der Waals surface area contributed by atoms with E-state index in [1.54, 1.807) is 7.11 Å². The van der Waals surface area contributed by atoms with Gasteiger partial charge in [0.2, 0.25) is 0 Å². The second kappa shape index (κ2) is 2.27. The first-order valence-electron chi connectivity index (χ1n) is 3.30. The summed E-state index contributed by atoms with van der Waals surface area (Å²) in [5.74, 6) is 0.802. The first-order valence-corrected chi connectivity index (χ1v) is 3.30. The first-order chi connectivity index (χ1) is 5.42. The van der Waals surface area contributed by atoms with Crippen molar-refractivity contribution in [1.29, 1.82) is 0 Å². The molecule has 1 N–H and O–H groups in total. The predicted octanol–water partition coefficient (Wildman–Crippen LogP) is 1.37. The summed E-state index contributed by atoms with van der Waals surface area (Å²) in [5, 5.41) is 7.49. The molecule has 11 heavy (non-hydrogen) atoms. The Labute approximate surface area is 64.0 Å². The highest BCUT2D eigenvalue weighted by molar-refractivity contribution is 5.83. The fourth-order valence-electron chi connectivity index (χ4n) is 1.05. The monoisotopic (exact) mass is 147 g/mol. The van der Waals surface area contributed by atoms with Crippen LogP contribution in [0, 0.1) is 6.20 Å². The number of aromatic nitrogens is 2. The Hall–Kier alpha value is -1.51. The summed E-state index contributed by atoms with van der Waals surface area (Å²) in [7, 11) is 1.63. The molecule has 3 heteroatoms. The summed E-state index contributed by atoms with van der Waals surface area (Å²) >= 11 is 0. The molecule has 1 aromatic carbocycles. The molecule has 0 atom stereocenters. The zero-order chi connectivity index (χ0) is 7.68. The Kier molecular flexibility index (Phi) is 1.28. The molecule has 0 spiro atoms. The number of rotatable bonds is 1. The molecular formula is C8H7N2O. The zero-order valence-electron chi connectivity index (χ0n) is 6.09. The molecule has 0 bridgehead atoms. The van der Waals surface area contributed by atoms with Crippen molar-refractivity contribution in [3.63, 3.8) is 0 Å². The summed E-state index contributed by atoms with van der Waals surface area (Å²) in [6.45, 7) is 0. The zero-order valence-corrected chi connectivity index (χ0v) is 6.09. The van der Waals surface area contributed by atoms with Crippen molar-refractivity contribution < 1.29 is 4.74 Å². The van der Waals surface area contributed by atoms with Crippen LogP contribution in [-0.4, -0.2) is 17.3 Å². The average Bonchev–Trinajstić information content (AvgIpc) is 2.50. The molecule has 3 nitrogen and oxygen atoms in total. The molecule has 1 radical (unpaired) electrons. The molecule has 0 saturated heterocycles. The minimum absolute atomic E-state index is 0.802. The van der Waals surface area contributed by atoms with Gasteiger partial charge in [0, 0.05) is 0 Å². The van der Waals surface area contributed by atoms with Gasteiger partial charge in [0.05, 0.1) is 18.0 Å². The quantitative estimate of drug-likeness (QED) is 0.661. The van der Waals surface area contributed by atoms with Crippen molar-refractivity contribution >= 4 is 10.9 Å². The largest absolute Gasteiger partial charge is 0.496 e. The second-order valence-electron chi connectivity index (χ2n) is 2.22. The van der Waals surface area contributed by atoms with Crippen LogP contribution in [0.3, 0.4) is 0 Å². The van der Waals surface area contributed by atoms with E-state index in [4.69, 9.17) is 4.74 Å². The van der Waals surface area contributed by atoms with Gasteiger partial charge in [-0.3, -0.25) is 5.10 Å². The average molecular weight is 147 g/mol. The topological polar surface area (TPSA) is 37.9 Å². The highest BCUT2D eigenvalue weighted by atomic mass is 16.5. The molecule has 2 aromatic rings. The third-order valence-electron chi connectivity index (χ3n) is 1.59. The minimum atomic E-state index is 0.802. The molecule has 2 rings (SSSR count). The van der Waals surface area contributed by atoms with E-state index >= 15 is 0 Å². The van der Waals surface area contributed by atoms with E-state index in [0.29, 0.717) is 0 Å². The van der Waals surface area contributed by atoms with Crippen molar-refractivity contribution in [3.05, 3.63) is 24.4 Å². The molecule has 0 aliphatic heterocycles. The van der Waals surface area contributed by atoms with Crippen LogP contribution in [0.1, 0.15) is 0 Å². The van der Waals surface area contributed by atoms with Crippen LogP contribution in [0.5, 0.6) is 5.75 Å². The molecule has 0 amide bonds. The highest BCUT2D eigenvalue weighted by Gasteiger charge is 2.00. The summed E-state index contributed by atoms with van der Waals surface area (Å²) in [5.41, 5.74) is 0.948. The van der Waals surface area contributed by atoms with E-state index in [1.165, 1.54) is 0 Å². The van der Waals surface area contributed by atoms with E-state index < -0.39 is 0 Å². The van der Waals surface area contributed by atoms with Crippen molar-refractivity contribution in [1.82, 2.24) is 10.2 Å². The van der Waals surface area contributed by atoms with Gasteiger partial charge in [-0.25, -0.2) is 0 Å². The normalized spacial score (nSPS) is 10.3. The number of nitrogens with one attached hydrogen (secondary N) is 1. The van der Waals surface area contributed by atoms with Gasteiger partial charge in [-0.15, -0.1) is 0 Å². The summed E-state index contributed by atoms with van der Waals surface area (Å²) in [4.78, 5) is 0. The van der Waals surface area contributed by atoms with Crippen LogP contribution in [-0.2, 0) is 0 Å². The van der Waals surface area contributed by atoms with Crippen molar-refractivity contribution in [3.8, 4) is 5.75 Å².